The summed E-state index contributed by atoms with van der Waals surface area (Å²) in [6, 6.07) is 5.40. The number of likely N-dealkylation sites (tertiary alicyclic amines) is 1. The normalized spacial score (nSPS) is 18.0. The summed E-state index contributed by atoms with van der Waals surface area (Å²) in [5.74, 6) is 1.39. The molecule has 1 saturated heterocycles. The van der Waals surface area contributed by atoms with Crippen LogP contribution in [0.15, 0.2) is 24.5 Å². The highest BCUT2D eigenvalue weighted by molar-refractivity contribution is 5.88. The van der Waals surface area contributed by atoms with Gasteiger partial charge in [-0.05, 0) is 31.9 Å². The molecule has 3 heterocycles. The number of anilines is 1. The summed E-state index contributed by atoms with van der Waals surface area (Å²) in [4.78, 5) is 18.6. The lowest BCUT2D eigenvalue weighted by Gasteiger charge is -2.24. The van der Waals surface area contributed by atoms with Crippen LogP contribution in [0, 0.1) is 6.92 Å². The Bertz CT molecular complexity index is 652. The molecule has 0 saturated carbocycles. The molecule has 0 spiro atoms. The molecule has 0 aromatic carbocycles. The second-order valence-electron chi connectivity index (χ2n) is 5.25. The van der Waals surface area contributed by atoms with E-state index in [0.717, 1.165) is 30.9 Å². The van der Waals surface area contributed by atoms with E-state index in [1.54, 1.807) is 17.3 Å². The Labute approximate surface area is 123 Å². The van der Waals surface area contributed by atoms with Crippen molar-refractivity contribution in [2.75, 3.05) is 11.9 Å². The molecule has 1 atom stereocenters. The van der Waals surface area contributed by atoms with E-state index in [2.05, 4.69) is 20.5 Å². The van der Waals surface area contributed by atoms with Crippen molar-refractivity contribution in [2.45, 2.75) is 25.8 Å². The third kappa shape index (κ3) is 2.72. The predicted octanol–water partition coefficient (Wildman–Crippen LogP) is 1.89. The van der Waals surface area contributed by atoms with Crippen molar-refractivity contribution in [3.8, 4) is 0 Å². The number of amides is 2. The first-order valence-electron chi connectivity index (χ1n) is 7.00. The zero-order valence-electron chi connectivity index (χ0n) is 12.2. The van der Waals surface area contributed by atoms with Crippen LogP contribution in [0.3, 0.4) is 0 Å². The highest BCUT2D eigenvalue weighted by Crippen LogP contribution is 2.30. The summed E-state index contributed by atoms with van der Waals surface area (Å²) in [7, 11) is 1.89. The number of nitrogens with one attached hydrogen (secondary N) is 1. The average molecular weight is 286 g/mol. The van der Waals surface area contributed by atoms with Gasteiger partial charge in [-0.15, -0.1) is 10.2 Å². The number of carbonyl (C=O) groups is 1. The molecule has 0 unspecified atom stereocenters. The SMILES string of the molecule is Cc1cccc(NC(=O)N2CCC[C@@H]2c2nncn2C)n1. The van der Waals surface area contributed by atoms with Gasteiger partial charge in [0.2, 0.25) is 0 Å². The second-order valence-corrected chi connectivity index (χ2v) is 5.25. The van der Waals surface area contributed by atoms with Crippen molar-refractivity contribution in [3.63, 3.8) is 0 Å². The summed E-state index contributed by atoms with van der Waals surface area (Å²) in [5.41, 5.74) is 0.874. The summed E-state index contributed by atoms with van der Waals surface area (Å²) in [6.07, 6.45) is 3.53. The van der Waals surface area contributed by atoms with Gasteiger partial charge in [0.25, 0.3) is 0 Å². The number of hydrogen-bond acceptors (Lipinski definition) is 4. The number of urea groups is 1. The Balaban J connectivity index is 1.76. The summed E-state index contributed by atoms with van der Waals surface area (Å²) in [5, 5.41) is 10.9. The van der Waals surface area contributed by atoms with E-state index in [0.29, 0.717) is 5.82 Å². The minimum Gasteiger partial charge on any atom is -0.319 e. The Morgan fingerprint density at radius 2 is 2.29 bits per heavy atom. The number of hydrogen-bond donors (Lipinski definition) is 1. The zero-order valence-corrected chi connectivity index (χ0v) is 12.2. The van der Waals surface area contributed by atoms with Crippen molar-refractivity contribution < 1.29 is 4.79 Å². The molecule has 1 fully saturated rings. The molecule has 21 heavy (non-hydrogen) atoms. The van der Waals surface area contributed by atoms with Crippen molar-refractivity contribution >= 4 is 11.8 Å². The topological polar surface area (TPSA) is 75.9 Å². The quantitative estimate of drug-likeness (QED) is 0.914. The number of aromatic nitrogens is 4. The van der Waals surface area contributed by atoms with Gasteiger partial charge in [-0.25, -0.2) is 9.78 Å². The van der Waals surface area contributed by atoms with E-state index in [9.17, 15) is 4.79 Å². The molecule has 2 amide bonds. The molecule has 1 aliphatic rings. The fourth-order valence-electron chi connectivity index (χ4n) is 2.67. The third-order valence-corrected chi connectivity index (χ3v) is 3.68. The monoisotopic (exact) mass is 286 g/mol. The van der Waals surface area contributed by atoms with E-state index in [1.807, 2.05) is 30.7 Å². The predicted molar refractivity (Wildman–Crippen MR) is 77.7 cm³/mol. The fraction of sp³-hybridized carbons (Fsp3) is 0.429. The van der Waals surface area contributed by atoms with Gasteiger partial charge in [0, 0.05) is 19.3 Å². The lowest BCUT2D eigenvalue weighted by molar-refractivity contribution is 0.204. The number of carbonyl (C=O) groups excluding carboxylic acids is 1. The molecular weight excluding hydrogens is 268 g/mol. The van der Waals surface area contributed by atoms with Crippen LogP contribution in [-0.4, -0.2) is 37.2 Å². The van der Waals surface area contributed by atoms with Crippen LogP contribution in [0.4, 0.5) is 10.6 Å². The van der Waals surface area contributed by atoms with Crippen molar-refractivity contribution in [3.05, 3.63) is 36.0 Å². The smallest absolute Gasteiger partial charge is 0.319 e. The number of rotatable bonds is 2. The first-order chi connectivity index (χ1) is 10.1. The van der Waals surface area contributed by atoms with Crippen LogP contribution >= 0.6 is 0 Å². The Kier molecular flexibility index (Phi) is 3.55. The molecule has 7 heteroatoms. The van der Waals surface area contributed by atoms with Gasteiger partial charge < -0.3 is 9.47 Å². The van der Waals surface area contributed by atoms with Gasteiger partial charge in [-0.2, -0.15) is 0 Å². The number of aryl methyl sites for hydroxylation is 2. The molecule has 2 aromatic rings. The van der Waals surface area contributed by atoms with Crippen molar-refractivity contribution in [1.82, 2.24) is 24.6 Å². The molecule has 3 rings (SSSR count). The summed E-state index contributed by atoms with van der Waals surface area (Å²) < 4.78 is 1.86. The molecule has 1 N–H and O–H groups in total. The van der Waals surface area contributed by atoms with Gasteiger partial charge in [-0.3, -0.25) is 5.32 Å². The maximum Gasteiger partial charge on any atom is 0.323 e. The van der Waals surface area contributed by atoms with Crippen molar-refractivity contribution in [1.29, 1.82) is 0 Å². The highest BCUT2D eigenvalue weighted by atomic mass is 16.2. The zero-order chi connectivity index (χ0) is 14.8. The Morgan fingerprint density at radius 1 is 1.43 bits per heavy atom. The Morgan fingerprint density at radius 3 is 3.00 bits per heavy atom. The molecular formula is C14H18N6O. The molecule has 7 nitrogen and oxygen atoms in total. The molecule has 2 aromatic heterocycles. The molecule has 1 aliphatic heterocycles. The summed E-state index contributed by atoms with van der Waals surface area (Å²) in [6.45, 7) is 2.61. The van der Waals surface area contributed by atoms with Crippen LogP contribution in [0.2, 0.25) is 0 Å². The van der Waals surface area contributed by atoms with Gasteiger partial charge in [0.1, 0.15) is 12.1 Å². The van der Waals surface area contributed by atoms with Crippen molar-refractivity contribution in [2.24, 2.45) is 7.05 Å². The average Bonchev–Trinajstić information content (AvgIpc) is 3.06. The number of pyridine rings is 1. The van der Waals surface area contributed by atoms with E-state index in [4.69, 9.17) is 0 Å². The van der Waals surface area contributed by atoms with Crippen LogP contribution in [0.5, 0.6) is 0 Å². The van der Waals surface area contributed by atoms with E-state index in [1.165, 1.54) is 0 Å². The van der Waals surface area contributed by atoms with E-state index in [-0.39, 0.29) is 12.1 Å². The maximum absolute atomic E-state index is 12.5. The van der Waals surface area contributed by atoms with Gasteiger partial charge >= 0.3 is 6.03 Å². The van der Waals surface area contributed by atoms with E-state index >= 15 is 0 Å². The first kappa shape index (κ1) is 13.5. The first-order valence-corrected chi connectivity index (χ1v) is 7.00. The number of nitrogens with zero attached hydrogens (tertiary/aromatic N) is 5. The fourth-order valence-corrected chi connectivity index (χ4v) is 2.67. The standard InChI is InChI=1S/C14H18N6O/c1-10-5-3-7-12(16-10)17-14(21)20-8-4-6-11(20)13-18-15-9-19(13)2/h3,5,7,9,11H,4,6,8H2,1-2H3,(H,16,17,21)/t11-/m1/s1. The Hall–Kier alpha value is -2.44. The largest absolute Gasteiger partial charge is 0.323 e. The second kappa shape index (κ2) is 5.51. The minimum atomic E-state index is -0.140. The van der Waals surface area contributed by atoms with Crippen LogP contribution in [0.25, 0.3) is 0 Å². The van der Waals surface area contributed by atoms with Crippen LogP contribution in [0.1, 0.15) is 30.4 Å². The van der Waals surface area contributed by atoms with Crippen LogP contribution < -0.4 is 5.32 Å². The molecule has 110 valence electrons. The van der Waals surface area contributed by atoms with Gasteiger partial charge in [0.15, 0.2) is 5.82 Å². The van der Waals surface area contributed by atoms with Gasteiger partial charge in [0.05, 0.1) is 6.04 Å². The lowest BCUT2D eigenvalue weighted by atomic mass is 10.2. The molecule has 0 radical (unpaired) electrons. The van der Waals surface area contributed by atoms with Gasteiger partial charge in [-0.1, -0.05) is 6.07 Å². The minimum absolute atomic E-state index is 0.0256. The third-order valence-electron chi connectivity index (χ3n) is 3.68. The maximum atomic E-state index is 12.5. The summed E-state index contributed by atoms with van der Waals surface area (Å²) >= 11 is 0. The molecule has 0 bridgehead atoms. The molecule has 0 aliphatic carbocycles. The highest BCUT2D eigenvalue weighted by Gasteiger charge is 2.33. The van der Waals surface area contributed by atoms with Crippen LogP contribution in [-0.2, 0) is 7.05 Å². The lowest BCUT2D eigenvalue weighted by Crippen LogP contribution is -2.35. The van der Waals surface area contributed by atoms with E-state index < -0.39 is 0 Å².